The van der Waals surface area contributed by atoms with Gasteiger partial charge in [-0.05, 0) is 24.0 Å². The van der Waals surface area contributed by atoms with Crippen molar-refractivity contribution in [1.82, 2.24) is 9.03 Å². The lowest BCUT2D eigenvalue weighted by atomic mass is 10.1. The van der Waals surface area contributed by atoms with Gasteiger partial charge in [-0.3, -0.25) is 0 Å². The maximum Gasteiger partial charge on any atom is 0.279 e. The Kier molecular flexibility index (Phi) is 9.72. The smallest absolute Gasteiger partial charge is 0.279 e. The van der Waals surface area contributed by atoms with Crippen LogP contribution in [0.1, 0.15) is 11.1 Å². The molecule has 0 fully saturated rings. The molecule has 0 heterocycles. The Hall–Kier alpha value is -1.81. The van der Waals surface area contributed by atoms with Crippen LogP contribution in [0.15, 0.2) is 60.7 Å². The van der Waals surface area contributed by atoms with E-state index in [4.69, 9.17) is 10.5 Å². The summed E-state index contributed by atoms with van der Waals surface area (Å²) in [6, 6.07) is 18.6. The summed E-state index contributed by atoms with van der Waals surface area (Å²) in [5.74, 6) is 0. The van der Waals surface area contributed by atoms with E-state index in [0.29, 0.717) is 19.4 Å². The summed E-state index contributed by atoms with van der Waals surface area (Å²) < 4.78 is 34.2. The minimum absolute atomic E-state index is 0.151. The Morgan fingerprint density at radius 2 is 1.59 bits per heavy atom. The van der Waals surface area contributed by atoms with Crippen LogP contribution in [0.25, 0.3) is 0 Å². The highest BCUT2D eigenvalue weighted by Crippen LogP contribution is 2.06. The van der Waals surface area contributed by atoms with E-state index in [1.807, 2.05) is 60.7 Å². The van der Waals surface area contributed by atoms with E-state index in [1.54, 1.807) is 0 Å². The van der Waals surface area contributed by atoms with Crippen molar-refractivity contribution >= 4 is 10.2 Å². The molecule has 0 saturated heterocycles. The maximum absolute atomic E-state index is 12.5. The van der Waals surface area contributed by atoms with E-state index < -0.39 is 16.3 Å². The summed E-state index contributed by atoms with van der Waals surface area (Å²) in [4.78, 5) is 0. The largest absolute Gasteiger partial charge is 0.395 e. The first-order chi connectivity index (χ1) is 13.9. The normalized spacial score (nSPS) is 14.1. The van der Waals surface area contributed by atoms with Gasteiger partial charge in [0.15, 0.2) is 0 Å². The van der Waals surface area contributed by atoms with Crippen molar-refractivity contribution in [2.75, 3.05) is 33.4 Å². The number of rotatable bonds is 13. The van der Waals surface area contributed by atoms with E-state index in [1.165, 1.54) is 11.4 Å². The molecule has 0 amide bonds. The average molecular weight is 422 g/mol. The average Bonchev–Trinajstić information content (AvgIpc) is 2.71. The molecule has 0 aliphatic carbocycles. The summed E-state index contributed by atoms with van der Waals surface area (Å²) in [6.07, 6.45) is 1.11. The van der Waals surface area contributed by atoms with Crippen molar-refractivity contribution in [3.8, 4) is 0 Å². The SMILES string of the molecule is CN(CCOCC(N)Cc1ccccc1)S(=O)(=O)NC(CO)Cc1ccccc1. The van der Waals surface area contributed by atoms with Crippen molar-refractivity contribution in [3.05, 3.63) is 71.8 Å². The molecule has 0 aliphatic rings. The molecule has 0 bridgehead atoms. The Morgan fingerprint density at radius 1 is 1.03 bits per heavy atom. The van der Waals surface area contributed by atoms with Crippen molar-refractivity contribution in [2.24, 2.45) is 5.73 Å². The molecule has 0 saturated carbocycles. The summed E-state index contributed by atoms with van der Waals surface area (Å²) in [5.41, 5.74) is 8.16. The second-order valence-electron chi connectivity index (χ2n) is 7.04. The lowest BCUT2D eigenvalue weighted by molar-refractivity contribution is 0.113. The Labute approximate surface area is 173 Å². The minimum Gasteiger partial charge on any atom is -0.395 e. The molecule has 29 heavy (non-hydrogen) atoms. The molecule has 2 rings (SSSR count). The first-order valence-electron chi connectivity index (χ1n) is 9.66. The zero-order valence-electron chi connectivity index (χ0n) is 16.8. The third-order valence-corrected chi connectivity index (χ3v) is 6.13. The fourth-order valence-corrected chi connectivity index (χ4v) is 3.94. The van der Waals surface area contributed by atoms with Gasteiger partial charge in [0, 0.05) is 19.6 Å². The van der Waals surface area contributed by atoms with Gasteiger partial charge in [0.05, 0.1) is 25.9 Å². The predicted molar refractivity (Wildman–Crippen MR) is 115 cm³/mol. The first-order valence-corrected chi connectivity index (χ1v) is 11.1. The lowest BCUT2D eigenvalue weighted by Crippen LogP contribution is -2.47. The van der Waals surface area contributed by atoms with E-state index in [2.05, 4.69) is 4.72 Å². The van der Waals surface area contributed by atoms with Crippen LogP contribution in [0.5, 0.6) is 0 Å². The van der Waals surface area contributed by atoms with E-state index in [9.17, 15) is 13.5 Å². The molecule has 2 aromatic rings. The fourth-order valence-electron chi connectivity index (χ4n) is 2.87. The van der Waals surface area contributed by atoms with Gasteiger partial charge < -0.3 is 15.6 Å². The molecule has 0 spiro atoms. The van der Waals surface area contributed by atoms with Gasteiger partial charge in [-0.15, -0.1) is 0 Å². The first kappa shape index (κ1) is 23.5. The number of aliphatic hydroxyl groups excluding tert-OH is 1. The quantitative estimate of drug-likeness (QED) is 0.418. The zero-order valence-corrected chi connectivity index (χ0v) is 17.6. The highest BCUT2D eigenvalue weighted by molar-refractivity contribution is 7.87. The van der Waals surface area contributed by atoms with Crippen LogP contribution in [0, 0.1) is 0 Å². The zero-order chi connectivity index (χ0) is 21.1. The lowest BCUT2D eigenvalue weighted by Gasteiger charge is -2.22. The second kappa shape index (κ2) is 12.0. The molecule has 2 aromatic carbocycles. The maximum atomic E-state index is 12.5. The summed E-state index contributed by atoms with van der Waals surface area (Å²) in [6.45, 7) is 0.496. The van der Waals surface area contributed by atoms with Crippen LogP contribution < -0.4 is 10.5 Å². The Balaban J connectivity index is 1.72. The highest BCUT2D eigenvalue weighted by Gasteiger charge is 2.22. The number of nitrogens with zero attached hydrogens (tertiary/aromatic N) is 1. The molecule has 2 atom stereocenters. The molecule has 7 nitrogen and oxygen atoms in total. The highest BCUT2D eigenvalue weighted by atomic mass is 32.2. The van der Waals surface area contributed by atoms with E-state index >= 15 is 0 Å². The van der Waals surface area contributed by atoms with Gasteiger partial charge in [0.2, 0.25) is 0 Å². The monoisotopic (exact) mass is 421 g/mol. The van der Waals surface area contributed by atoms with Crippen molar-refractivity contribution < 1.29 is 18.3 Å². The number of hydrogen-bond acceptors (Lipinski definition) is 5. The number of nitrogens with two attached hydrogens (primary N) is 1. The molecule has 0 aliphatic heterocycles. The minimum atomic E-state index is -3.73. The third kappa shape index (κ3) is 8.61. The number of ether oxygens (including phenoxy) is 1. The predicted octanol–water partition coefficient (Wildman–Crippen LogP) is 0.943. The number of hydrogen-bond donors (Lipinski definition) is 3. The molecule has 160 valence electrons. The summed E-state index contributed by atoms with van der Waals surface area (Å²) in [7, 11) is -2.25. The van der Waals surface area contributed by atoms with Crippen LogP contribution in [0.2, 0.25) is 0 Å². The summed E-state index contributed by atoms with van der Waals surface area (Å²) >= 11 is 0. The van der Waals surface area contributed by atoms with E-state index in [-0.39, 0.29) is 25.8 Å². The molecular weight excluding hydrogens is 390 g/mol. The number of likely N-dealkylation sites (N-methyl/N-ethyl adjacent to an activating group) is 1. The molecular formula is C21H31N3O4S. The summed E-state index contributed by atoms with van der Waals surface area (Å²) in [5, 5.41) is 9.54. The van der Waals surface area contributed by atoms with Crippen LogP contribution in [-0.2, 0) is 27.8 Å². The fraction of sp³-hybridized carbons (Fsp3) is 0.429. The molecule has 8 heteroatoms. The molecule has 0 aromatic heterocycles. The van der Waals surface area contributed by atoms with Gasteiger partial charge in [0.25, 0.3) is 10.2 Å². The number of benzene rings is 2. The van der Waals surface area contributed by atoms with Crippen LogP contribution >= 0.6 is 0 Å². The van der Waals surface area contributed by atoms with Gasteiger partial charge in [-0.2, -0.15) is 17.4 Å². The van der Waals surface area contributed by atoms with Crippen LogP contribution in [-0.4, -0.2) is 63.3 Å². The van der Waals surface area contributed by atoms with Gasteiger partial charge >= 0.3 is 0 Å². The topological polar surface area (TPSA) is 105 Å². The van der Waals surface area contributed by atoms with Crippen molar-refractivity contribution in [2.45, 2.75) is 24.9 Å². The van der Waals surface area contributed by atoms with Gasteiger partial charge in [0.1, 0.15) is 0 Å². The molecule has 4 N–H and O–H groups in total. The third-order valence-electron chi connectivity index (χ3n) is 4.49. The van der Waals surface area contributed by atoms with Crippen molar-refractivity contribution in [1.29, 1.82) is 0 Å². The van der Waals surface area contributed by atoms with E-state index in [0.717, 1.165) is 11.1 Å². The Morgan fingerprint density at radius 3 is 2.14 bits per heavy atom. The second-order valence-corrected chi connectivity index (χ2v) is 8.85. The van der Waals surface area contributed by atoms with Crippen LogP contribution in [0.4, 0.5) is 0 Å². The number of nitrogens with one attached hydrogen (secondary N) is 1. The van der Waals surface area contributed by atoms with Crippen molar-refractivity contribution in [3.63, 3.8) is 0 Å². The Bertz CT molecular complexity index is 803. The van der Waals surface area contributed by atoms with Gasteiger partial charge in [-0.25, -0.2) is 0 Å². The van der Waals surface area contributed by atoms with Crippen LogP contribution in [0.3, 0.4) is 0 Å². The standard InChI is InChI=1S/C21H31N3O4S/c1-24(12-13-28-17-20(22)14-18-8-4-2-5-9-18)29(26,27)23-21(16-25)15-19-10-6-3-7-11-19/h2-11,20-21,23,25H,12-17,22H2,1H3. The van der Waals surface area contributed by atoms with Gasteiger partial charge in [-0.1, -0.05) is 60.7 Å². The molecule has 2 unspecified atom stereocenters. The number of aliphatic hydroxyl groups is 1. The molecule has 0 radical (unpaired) electrons.